The number of nitrogens with zero attached hydrogens (tertiary/aromatic N) is 2. The van der Waals surface area contributed by atoms with Crippen LogP contribution in [-0.4, -0.2) is 23.5 Å². The summed E-state index contributed by atoms with van der Waals surface area (Å²) >= 11 is 0. The molecule has 0 radical (unpaired) electrons. The highest BCUT2D eigenvalue weighted by Crippen LogP contribution is 2.32. The first-order valence-corrected chi connectivity index (χ1v) is 7.65. The zero-order valence-electron chi connectivity index (χ0n) is 12.5. The molecule has 1 fully saturated rings. The van der Waals surface area contributed by atoms with Gasteiger partial charge in [-0.1, -0.05) is 42.8 Å². The molecule has 0 spiro atoms. The number of piperidine rings is 1. The maximum Gasteiger partial charge on any atom is 0.212 e. The van der Waals surface area contributed by atoms with Gasteiger partial charge in [0.05, 0.1) is 7.11 Å². The minimum Gasteiger partial charge on any atom is -0.481 e. The van der Waals surface area contributed by atoms with E-state index in [9.17, 15) is 0 Å². The van der Waals surface area contributed by atoms with Gasteiger partial charge in [-0.3, -0.25) is 4.90 Å². The zero-order valence-corrected chi connectivity index (χ0v) is 12.5. The van der Waals surface area contributed by atoms with Gasteiger partial charge >= 0.3 is 0 Å². The van der Waals surface area contributed by atoms with E-state index in [2.05, 4.69) is 46.3 Å². The van der Waals surface area contributed by atoms with Gasteiger partial charge < -0.3 is 4.74 Å². The van der Waals surface area contributed by atoms with E-state index in [1.165, 1.54) is 30.4 Å². The van der Waals surface area contributed by atoms with Crippen molar-refractivity contribution in [1.82, 2.24) is 9.88 Å². The second-order valence-corrected chi connectivity index (χ2v) is 5.60. The lowest BCUT2D eigenvalue weighted by atomic mass is 9.96. The van der Waals surface area contributed by atoms with Gasteiger partial charge in [-0.25, -0.2) is 4.98 Å². The van der Waals surface area contributed by atoms with Gasteiger partial charge in [-0.05, 0) is 30.5 Å². The predicted octanol–water partition coefficient (Wildman–Crippen LogP) is 3.82. The summed E-state index contributed by atoms with van der Waals surface area (Å²) in [6.45, 7) is 2.17. The standard InChI is InChI=1S/C18H22N2O/c1-21-18-11-10-16(13-19-18)17-9-5-6-12-20(17)14-15-7-3-2-4-8-15/h2-4,7-8,10-11,13,17H,5-6,9,12,14H2,1H3. The molecule has 3 rings (SSSR count). The van der Waals surface area contributed by atoms with Crippen molar-refractivity contribution in [2.45, 2.75) is 31.8 Å². The number of benzene rings is 1. The quantitative estimate of drug-likeness (QED) is 0.852. The molecule has 1 aliphatic rings. The Morgan fingerprint density at radius 2 is 2.00 bits per heavy atom. The second kappa shape index (κ2) is 6.72. The Bertz CT molecular complexity index is 553. The summed E-state index contributed by atoms with van der Waals surface area (Å²) in [6.07, 6.45) is 5.75. The van der Waals surface area contributed by atoms with Gasteiger partial charge in [0, 0.05) is 24.8 Å². The molecule has 0 bridgehead atoms. The van der Waals surface area contributed by atoms with Crippen molar-refractivity contribution in [3.8, 4) is 5.88 Å². The van der Waals surface area contributed by atoms with Crippen LogP contribution < -0.4 is 4.74 Å². The third-order valence-corrected chi connectivity index (χ3v) is 4.20. The fraction of sp³-hybridized carbons (Fsp3) is 0.389. The zero-order chi connectivity index (χ0) is 14.5. The number of likely N-dealkylation sites (tertiary alicyclic amines) is 1. The van der Waals surface area contributed by atoms with Crippen LogP contribution in [0.25, 0.3) is 0 Å². The molecule has 3 heteroatoms. The topological polar surface area (TPSA) is 25.4 Å². The van der Waals surface area contributed by atoms with Gasteiger partial charge in [0.25, 0.3) is 0 Å². The van der Waals surface area contributed by atoms with Gasteiger partial charge in [0.1, 0.15) is 0 Å². The van der Waals surface area contributed by atoms with Crippen LogP contribution in [0.3, 0.4) is 0 Å². The summed E-state index contributed by atoms with van der Waals surface area (Å²) in [6, 6.07) is 15.3. The summed E-state index contributed by atoms with van der Waals surface area (Å²) < 4.78 is 5.15. The average molecular weight is 282 g/mol. The molecule has 0 N–H and O–H groups in total. The molecule has 21 heavy (non-hydrogen) atoms. The lowest BCUT2D eigenvalue weighted by molar-refractivity contribution is 0.140. The molecule has 0 amide bonds. The fourth-order valence-electron chi connectivity index (χ4n) is 3.09. The molecular weight excluding hydrogens is 260 g/mol. The van der Waals surface area contributed by atoms with Crippen molar-refractivity contribution in [3.05, 3.63) is 59.8 Å². The van der Waals surface area contributed by atoms with E-state index in [0.717, 1.165) is 13.1 Å². The van der Waals surface area contributed by atoms with Crippen molar-refractivity contribution < 1.29 is 4.74 Å². The number of pyridine rings is 1. The van der Waals surface area contributed by atoms with E-state index >= 15 is 0 Å². The van der Waals surface area contributed by atoms with E-state index in [-0.39, 0.29) is 0 Å². The summed E-state index contributed by atoms with van der Waals surface area (Å²) in [7, 11) is 1.66. The lowest BCUT2D eigenvalue weighted by Crippen LogP contribution is -2.32. The number of rotatable bonds is 4. The number of aromatic nitrogens is 1. The van der Waals surface area contributed by atoms with Crippen LogP contribution in [0.4, 0.5) is 0 Å². The van der Waals surface area contributed by atoms with Crippen LogP contribution in [0, 0.1) is 0 Å². The van der Waals surface area contributed by atoms with Crippen molar-refractivity contribution in [2.24, 2.45) is 0 Å². The van der Waals surface area contributed by atoms with E-state index in [1.807, 2.05) is 12.3 Å². The predicted molar refractivity (Wildman–Crippen MR) is 84.2 cm³/mol. The first-order chi connectivity index (χ1) is 10.4. The minimum absolute atomic E-state index is 0.470. The molecule has 1 atom stereocenters. The van der Waals surface area contributed by atoms with Gasteiger partial charge in [0.15, 0.2) is 0 Å². The van der Waals surface area contributed by atoms with E-state index in [1.54, 1.807) is 7.11 Å². The molecule has 2 heterocycles. The number of hydrogen-bond acceptors (Lipinski definition) is 3. The van der Waals surface area contributed by atoms with Crippen LogP contribution in [0.1, 0.15) is 36.4 Å². The highest BCUT2D eigenvalue weighted by Gasteiger charge is 2.24. The molecular formula is C18H22N2O. The van der Waals surface area contributed by atoms with Crippen molar-refractivity contribution >= 4 is 0 Å². The molecule has 1 aromatic carbocycles. The van der Waals surface area contributed by atoms with E-state index in [4.69, 9.17) is 4.74 Å². The number of hydrogen-bond donors (Lipinski definition) is 0. The smallest absolute Gasteiger partial charge is 0.212 e. The van der Waals surface area contributed by atoms with Crippen LogP contribution in [0.5, 0.6) is 5.88 Å². The molecule has 110 valence electrons. The third kappa shape index (κ3) is 3.42. The summed E-state index contributed by atoms with van der Waals surface area (Å²) in [5.74, 6) is 0.684. The van der Waals surface area contributed by atoms with Crippen molar-refractivity contribution in [2.75, 3.05) is 13.7 Å². The Hall–Kier alpha value is -1.87. The Balaban J connectivity index is 1.77. The average Bonchev–Trinajstić information content (AvgIpc) is 2.56. The van der Waals surface area contributed by atoms with Gasteiger partial charge in [-0.2, -0.15) is 0 Å². The highest BCUT2D eigenvalue weighted by molar-refractivity contribution is 5.22. The third-order valence-electron chi connectivity index (χ3n) is 4.20. The maximum absolute atomic E-state index is 5.15. The highest BCUT2D eigenvalue weighted by atomic mass is 16.5. The summed E-state index contributed by atoms with van der Waals surface area (Å²) in [4.78, 5) is 6.94. The van der Waals surface area contributed by atoms with E-state index in [0.29, 0.717) is 11.9 Å². The molecule has 1 aliphatic heterocycles. The molecule has 0 aliphatic carbocycles. The Labute approximate surface area is 126 Å². The molecule has 1 aromatic heterocycles. The Kier molecular flexibility index (Phi) is 4.51. The van der Waals surface area contributed by atoms with Crippen LogP contribution in [-0.2, 0) is 6.54 Å². The first-order valence-electron chi connectivity index (χ1n) is 7.65. The van der Waals surface area contributed by atoms with Gasteiger partial charge in [0.2, 0.25) is 5.88 Å². The normalized spacial score (nSPS) is 19.4. The molecule has 3 nitrogen and oxygen atoms in total. The molecule has 1 unspecified atom stereocenters. The second-order valence-electron chi connectivity index (χ2n) is 5.60. The summed E-state index contributed by atoms with van der Waals surface area (Å²) in [5, 5.41) is 0. The van der Waals surface area contributed by atoms with Crippen molar-refractivity contribution in [3.63, 3.8) is 0 Å². The number of ether oxygens (including phenoxy) is 1. The SMILES string of the molecule is COc1ccc(C2CCCCN2Cc2ccccc2)cn1. The minimum atomic E-state index is 0.470. The molecule has 2 aromatic rings. The Morgan fingerprint density at radius 1 is 1.14 bits per heavy atom. The fourth-order valence-corrected chi connectivity index (χ4v) is 3.09. The van der Waals surface area contributed by atoms with Crippen molar-refractivity contribution in [1.29, 1.82) is 0 Å². The summed E-state index contributed by atoms with van der Waals surface area (Å²) in [5.41, 5.74) is 2.68. The maximum atomic E-state index is 5.15. The molecule has 1 saturated heterocycles. The lowest BCUT2D eigenvalue weighted by Gasteiger charge is -2.36. The van der Waals surface area contributed by atoms with Crippen LogP contribution in [0.15, 0.2) is 48.7 Å². The largest absolute Gasteiger partial charge is 0.481 e. The van der Waals surface area contributed by atoms with Crippen LogP contribution >= 0.6 is 0 Å². The monoisotopic (exact) mass is 282 g/mol. The van der Waals surface area contributed by atoms with Crippen LogP contribution in [0.2, 0.25) is 0 Å². The number of methoxy groups -OCH3 is 1. The van der Waals surface area contributed by atoms with E-state index < -0.39 is 0 Å². The first kappa shape index (κ1) is 14.1. The Morgan fingerprint density at radius 3 is 2.71 bits per heavy atom. The van der Waals surface area contributed by atoms with Gasteiger partial charge in [-0.15, -0.1) is 0 Å². The molecule has 0 saturated carbocycles.